The lowest BCUT2D eigenvalue weighted by atomic mass is 10.1. The van der Waals surface area contributed by atoms with Crippen molar-refractivity contribution in [2.24, 2.45) is 0 Å². The van der Waals surface area contributed by atoms with Crippen LogP contribution in [0.25, 0.3) is 0 Å². The number of alkyl halides is 4. The van der Waals surface area contributed by atoms with E-state index in [4.69, 9.17) is 11.6 Å². The predicted octanol–water partition coefficient (Wildman–Crippen LogP) is 4.28. The molecular formula is C11H11ClF3N. The first-order chi connectivity index (χ1) is 7.38. The molecule has 1 atom stereocenters. The van der Waals surface area contributed by atoms with E-state index in [-0.39, 0.29) is 5.92 Å². The summed E-state index contributed by atoms with van der Waals surface area (Å²) < 4.78 is 37.9. The van der Waals surface area contributed by atoms with Crippen LogP contribution in [0.4, 0.5) is 13.2 Å². The Kier molecular flexibility index (Phi) is 2.86. The zero-order chi connectivity index (χ0) is 11.9. The highest BCUT2D eigenvalue weighted by molar-refractivity contribution is 6.20. The predicted molar refractivity (Wildman–Crippen MR) is 55.5 cm³/mol. The number of nitrogens with zero attached hydrogens (tertiary/aromatic N) is 1. The average molecular weight is 250 g/mol. The van der Waals surface area contributed by atoms with E-state index in [1.54, 1.807) is 6.92 Å². The first kappa shape index (κ1) is 11.7. The molecule has 16 heavy (non-hydrogen) atoms. The first-order valence-corrected chi connectivity index (χ1v) is 5.54. The van der Waals surface area contributed by atoms with Gasteiger partial charge in [0, 0.05) is 11.6 Å². The van der Waals surface area contributed by atoms with Crippen molar-refractivity contribution in [1.82, 2.24) is 4.98 Å². The van der Waals surface area contributed by atoms with E-state index in [9.17, 15) is 13.2 Å². The molecule has 0 saturated heterocycles. The zero-order valence-corrected chi connectivity index (χ0v) is 9.44. The van der Waals surface area contributed by atoms with Crippen LogP contribution in [0.1, 0.15) is 48.0 Å². The second-order valence-electron chi connectivity index (χ2n) is 4.09. The van der Waals surface area contributed by atoms with Gasteiger partial charge in [0.1, 0.15) is 0 Å². The van der Waals surface area contributed by atoms with Crippen LogP contribution in [0.15, 0.2) is 12.1 Å². The minimum absolute atomic E-state index is 0.191. The Morgan fingerprint density at radius 2 is 2.00 bits per heavy atom. The summed E-state index contributed by atoms with van der Waals surface area (Å²) in [4.78, 5) is 4.18. The van der Waals surface area contributed by atoms with Gasteiger partial charge in [-0.2, -0.15) is 13.2 Å². The van der Waals surface area contributed by atoms with Gasteiger partial charge in [-0.15, -0.1) is 11.6 Å². The van der Waals surface area contributed by atoms with E-state index in [1.807, 2.05) is 0 Å². The highest BCUT2D eigenvalue weighted by atomic mass is 35.5. The van der Waals surface area contributed by atoms with Gasteiger partial charge < -0.3 is 0 Å². The Morgan fingerprint density at radius 3 is 2.44 bits per heavy atom. The van der Waals surface area contributed by atoms with Crippen LogP contribution in [-0.4, -0.2) is 4.98 Å². The van der Waals surface area contributed by atoms with E-state index in [0.29, 0.717) is 11.4 Å². The Balaban J connectivity index is 2.44. The van der Waals surface area contributed by atoms with Crippen molar-refractivity contribution < 1.29 is 13.2 Å². The summed E-state index contributed by atoms with van der Waals surface area (Å²) >= 11 is 5.79. The van der Waals surface area contributed by atoms with Crippen LogP contribution >= 0.6 is 11.6 Å². The third kappa shape index (κ3) is 2.48. The third-order valence-electron chi connectivity index (χ3n) is 2.60. The van der Waals surface area contributed by atoms with E-state index in [0.717, 1.165) is 25.0 Å². The molecule has 1 nitrogen and oxygen atoms in total. The lowest BCUT2D eigenvalue weighted by Crippen LogP contribution is -2.08. The smallest absolute Gasteiger partial charge is 0.256 e. The topological polar surface area (TPSA) is 12.9 Å². The molecule has 0 aromatic carbocycles. The van der Waals surface area contributed by atoms with Crippen molar-refractivity contribution in [2.75, 3.05) is 0 Å². The monoisotopic (exact) mass is 249 g/mol. The van der Waals surface area contributed by atoms with E-state index in [1.165, 1.54) is 0 Å². The number of aromatic nitrogens is 1. The lowest BCUT2D eigenvalue weighted by Gasteiger charge is -2.12. The fourth-order valence-corrected chi connectivity index (χ4v) is 1.64. The second kappa shape index (κ2) is 3.91. The highest BCUT2D eigenvalue weighted by Crippen LogP contribution is 2.41. The van der Waals surface area contributed by atoms with Crippen molar-refractivity contribution in [2.45, 2.75) is 37.2 Å². The van der Waals surface area contributed by atoms with Gasteiger partial charge in [0.15, 0.2) is 0 Å². The molecule has 1 aromatic heterocycles. The van der Waals surface area contributed by atoms with Gasteiger partial charge >= 0.3 is 6.18 Å². The molecule has 1 unspecified atom stereocenters. The molecule has 1 saturated carbocycles. The molecule has 1 heterocycles. The maximum Gasteiger partial charge on any atom is 0.416 e. The Hall–Kier alpha value is -0.770. The zero-order valence-electron chi connectivity index (χ0n) is 8.68. The minimum atomic E-state index is -4.33. The molecule has 0 aliphatic heterocycles. The molecule has 0 radical (unpaired) electrons. The number of halogens is 4. The average Bonchev–Trinajstić information content (AvgIpc) is 2.98. The van der Waals surface area contributed by atoms with Crippen molar-refractivity contribution in [3.8, 4) is 0 Å². The number of hydrogen-bond acceptors (Lipinski definition) is 1. The normalized spacial score (nSPS) is 18.6. The van der Waals surface area contributed by atoms with Crippen LogP contribution in [0, 0.1) is 0 Å². The maximum atomic E-state index is 12.6. The maximum absolute atomic E-state index is 12.6. The standard InChI is InChI=1S/C11H11ClF3N/c1-6(12)9-4-8(11(13,14)15)5-10(16-9)7-2-3-7/h4-7H,2-3H2,1H3. The molecule has 0 bridgehead atoms. The second-order valence-corrected chi connectivity index (χ2v) is 4.75. The van der Waals surface area contributed by atoms with Crippen LogP contribution in [0.5, 0.6) is 0 Å². The van der Waals surface area contributed by atoms with E-state index in [2.05, 4.69) is 4.98 Å². The molecule has 1 fully saturated rings. The minimum Gasteiger partial charge on any atom is -0.256 e. The van der Waals surface area contributed by atoms with Gasteiger partial charge in [0.05, 0.1) is 16.6 Å². The highest BCUT2D eigenvalue weighted by Gasteiger charge is 2.34. The van der Waals surface area contributed by atoms with Gasteiger partial charge in [-0.3, -0.25) is 4.98 Å². The van der Waals surface area contributed by atoms with Crippen LogP contribution in [-0.2, 0) is 6.18 Å². The Labute approximate surface area is 96.6 Å². The summed E-state index contributed by atoms with van der Waals surface area (Å²) in [5, 5.41) is -0.500. The summed E-state index contributed by atoms with van der Waals surface area (Å²) in [6.45, 7) is 1.63. The van der Waals surface area contributed by atoms with E-state index < -0.39 is 17.1 Å². The number of hydrogen-bond donors (Lipinski definition) is 0. The molecule has 1 aliphatic rings. The van der Waals surface area contributed by atoms with Gasteiger partial charge in [-0.05, 0) is 31.9 Å². The molecule has 1 aromatic rings. The quantitative estimate of drug-likeness (QED) is 0.713. The van der Waals surface area contributed by atoms with Gasteiger partial charge in [0.25, 0.3) is 0 Å². The summed E-state index contributed by atoms with van der Waals surface area (Å²) in [6.07, 6.45) is -2.48. The fraction of sp³-hybridized carbons (Fsp3) is 0.545. The summed E-state index contributed by atoms with van der Waals surface area (Å²) in [5.41, 5.74) is 0.183. The molecule has 2 rings (SSSR count). The van der Waals surface area contributed by atoms with Crippen molar-refractivity contribution in [3.05, 3.63) is 29.1 Å². The van der Waals surface area contributed by atoms with Crippen LogP contribution in [0.3, 0.4) is 0 Å². The molecule has 5 heteroatoms. The SMILES string of the molecule is CC(Cl)c1cc(C(F)(F)F)cc(C2CC2)n1. The molecule has 0 amide bonds. The van der Waals surface area contributed by atoms with E-state index >= 15 is 0 Å². The third-order valence-corrected chi connectivity index (χ3v) is 2.82. The van der Waals surface area contributed by atoms with Gasteiger partial charge in [-0.1, -0.05) is 0 Å². The Bertz CT molecular complexity index is 376. The molecule has 0 N–H and O–H groups in total. The molecular weight excluding hydrogens is 239 g/mol. The summed E-state index contributed by atoms with van der Waals surface area (Å²) in [5.74, 6) is 0.191. The molecule has 0 spiro atoms. The van der Waals surface area contributed by atoms with Crippen molar-refractivity contribution >= 4 is 11.6 Å². The molecule has 1 aliphatic carbocycles. The Morgan fingerprint density at radius 1 is 1.38 bits per heavy atom. The number of pyridine rings is 1. The van der Waals surface area contributed by atoms with Gasteiger partial charge in [0.2, 0.25) is 0 Å². The van der Waals surface area contributed by atoms with Gasteiger partial charge in [-0.25, -0.2) is 0 Å². The number of rotatable bonds is 2. The van der Waals surface area contributed by atoms with Crippen molar-refractivity contribution in [1.29, 1.82) is 0 Å². The van der Waals surface area contributed by atoms with Crippen molar-refractivity contribution in [3.63, 3.8) is 0 Å². The first-order valence-electron chi connectivity index (χ1n) is 5.11. The lowest BCUT2D eigenvalue weighted by molar-refractivity contribution is -0.137. The summed E-state index contributed by atoms with van der Waals surface area (Å²) in [6, 6.07) is 2.17. The van der Waals surface area contributed by atoms with Crippen LogP contribution < -0.4 is 0 Å². The van der Waals surface area contributed by atoms with Crippen LogP contribution in [0.2, 0.25) is 0 Å². The largest absolute Gasteiger partial charge is 0.416 e. The summed E-state index contributed by atoms with van der Waals surface area (Å²) in [7, 11) is 0. The fourth-order valence-electron chi connectivity index (χ4n) is 1.53. The molecule has 88 valence electrons.